The number of nitrogens with zero attached hydrogens (tertiary/aromatic N) is 2. The number of hydrogen-bond acceptors (Lipinski definition) is 4. The van der Waals surface area contributed by atoms with Crippen molar-refractivity contribution in [2.75, 3.05) is 25.5 Å². The number of anilines is 1. The number of piperidine rings is 1. The minimum atomic E-state index is -0.0870. The molecule has 1 fully saturated rings. The second kappa shape index (κ2) is 10.0. The van der Waals surface area contributed by atoms with Gasteiger partial charge in [-0.2, -0.15) is 0 Å². The number of methoxy groups -OCH3 is 1. The number of nitrogens with one attached hydrogen (secondary N) is 1. The van der Waals surface area contributed by atoms with Crippen molar-refractivity contribution in [3.63, 3.8) is 0 Å². The van der Waals surface area contributed by atoms with E-state index in [1.54, 1.807) is 31.5 Å². The number of amides is 2. The zero-order valence-corrected chi connectivity index (χ0v) is 18.8. The van der Waals surface area contributed by atoms with E-state index in [1.165, 1.54) is 0 Å². The summed E-state index contributed by atoms with van der Waals surface area (Å²) < 4.78 is 5.28. The Balaban J connectivity index is 1.34. The van der Waals surface area contributed by atoms with Crippen LogP contribution in [0.15, 0.2) is 54.7 Å². The summed E-state index contributed by atoms with van der Waals surface area (Å²) in [4.78, 5) is 31.8. The van der Waals surface area contributed by atoms with E-state index in [9.17, 15) is 9.59 Å². The summed E-state index contributed by atoms with van der Waals surface area (Å²) in [5.41, 5.74) is 2.12. The van der Waals surface area contributed by atoms with Crippen LogP contribution in [0.1, 0.15) is 36.0 Å². The van der Waals surface area contributed by atoms with Crippen molar-refractivity contribution < 1.29 is 14.3 Å². The Kier molecular flexibility index (Phi) is 6.90. The molecule has 0 radical (unpaired) electrons. The summed E-state index contributed by atoms with van der Waals surface area (Å²) in [7, 11) is 1.55. The Labute approximate surface area is 192 Å². The lowest BCUT2D eigenvalue weighted by atomic mass is 9.92. The van der Waals surface area contributed by atoms with Gasteiger partial charge in [0.2, 0.25) is 5.91 Å². The molecule has 6 nitrogen and oxygen atoms in total. The molecule has 1 aliphatic heterocycles. The van der Waals surface area contributed by atoms with E-state index < -0.39 is 0 Å². The minimum Gasteiger partial charge on any atom is -0.495 e. The van der Waals surface area contributed by atoms with E-state index in [0.29, 0.717) is 40.9 Å². The third kappa shape index (κ3) is 5.19. The van der Waals surface area contributed by atoms with E-state index in [2.05, 4.69) is 10.3 Å². The monoisotopic (exact) mass is 451 g/mol. The average Bonchev–Trinajstić information content (AvgIpc) is 2.82. The standard InChI is InChI=1S/C25H26ClN3O3/c1-32-23-10-8-20(26)15-22(23)28-24(30)11-6-17-4-3-13-29(16-17)25(31)19-7-9-21-18(14-19)5-2-12-27-21/h2,5,7-10,12,14-15,17H,3-4,6,11,13,16H2,1H3,(H,28,30). The van der Waals surface area contributed by atoms with Gasteiger partial charge in [-0.15, -0.1) is 0 Å². The predicted molar refractivity (Wildman–Crippen MR) is 126 cm³/mol. The normalized spacial score (nSPS) is 16.1. The number of aromatic nitrogens is 1. The number of ether oxygens (including phenoxy) is 1. The predicted octanol–water partition coefficient (Wildman–Crippen LogP) is 5.17. The van der Waals surface area contributed by atoms with Crippen LogP contribution in [0.2, 0.25) is 5.02 Å². The molecule has 0 spiro atoms. The highest BCUT2D eigenvalue weighted by Gasteiger charge is 2.25. The van der Waals surface area contributed by atoms with Gasteiger partial charge in [0.25, 0.3) is 5.91 Å². The molecule has 2 amide bonds. The molecule has 2 aromatic carbocycles. The number of benzene rings is 2. The van der Waals surface area contributed by atoms with Crippen molar-refractivity contribution in [3.8, 4) is 5.75 Å². The highest BCUT2D eigenvalue weighted by atomic mass is 35.5. The van der Waals surface area contributed by atoms with Gasteiger partial charge in [0.05, 0.1) is 18.3 Å². The van der Waals surface area contributed by atoms with Gasteiger partial charge >= 0.3 is 0 Å². The Morgan fingerprint density at radius 2 is 2.09 bits per heavy atom. The van der Waals surface area contributed by atoms with Crippen LogP contribution in [-0.4, -0.2) is 41.9 Å². The third-order valence-electron chi connectivity index (χ3n) is 5.87. The molecule has 7 heteroatoms. The highest BCUT2D eigenvalue weighted by molar-refractivity contribution is 6.31. The molecule has 0 aliphatic carbocycles. The van der Waals surface area contributed by atoms with Gasteiger partial charge in [0, 0.05) is 41.7 Å². The topological polar surface area (TPSA) is 71.5 Å². The number of pyridine rings is 1. The van der Waals surface area contributed by atoms with Crippen molar-refractivity contribution >= 4 is 40.0 Å². The molecule has 0 bridgehead atoms. The van der Waals surface area contributed by atoms with Crippen LogP contribution in [0.3, 0.4) is 0 Å². The minimum absolute atomic E-state index is 0.0357. The number of halogens is 1. The van der Waals surface area contributed by atoms with Crippen LogP contribution in [0, 0.1) is 5.92 Å². The first-order valence-electron chi connectivity index (χ1n) is 10.8. The summed E-state index contributed by atoms with van der Waals surface area (Å²) >= 11 is 6.04. The molecular formula is C25H26ClN3O3. The smallest absolute Gasteiger partial charge is 0.253 e. The molecule has 32 heavy (non-hydrogen) atoms. The summed E-state index contributed by atoms with van der Waals surface area (Å²) in [6, 6.07) is 14.6. The van der Waals surface area contributed by atoms with E-state index in [0.717, 1.165) is 36.7 Å². The molecule has 1 aliphatic rings. The van der Waals surface area contributed by atoms with E-state index in [1.807, 2.05) is 35.2 Å². The van der Waals surface area contributed by atoms with Gasteiger partial charge in [-0.25, -0.2) is 0 Å². The molecular weight excluding hydrogens is 426 g/mol. The van der Waals surface area contributed by atoms with Crippen molar-refractivity contribution in [1.82, 2.24) is 9.88 Å². The fourth-order valence-electron chi connectivity index (χ4n) is 4.20. The van der Waals surface area contributed by atoms with Crippen molar-refractivity contribution in [3.05, 3.63) is 65.3 Å². The van der Waals surface area contributed by atoms with Crippen LogP contribution in [0.5, 0.6) is 5.75 Å². The summed E-state index contributed by atoms with van der Waals surface area (Å²) in [5.74, 6) is 0.814. The summed E-state index contributed by atoms with van der Waals surface area (Å²) in [6.07, 6.45) is 4.80. The first-order valence-corrected chi connectivity index (χ1v) is 11.2. The number of carbonyl (C=O) groups is 2. The second-order valence-electron chi connectivity index (χ2n) is 8.10. The largest absolute Gasteiger partial charge is 0.495 e. The highest BCUT2D eigenvalue weighted by Crippen LogP contribution is 2.28. The molecule has 2 heterocycles. The van der Waals surface area contributed by atoms with Gasteiger partial charge in [0.15, 0.2) is 0 Å². The number of rotatable bonds is 6. The molecule has 166 valence electrons. The number of hydrogen-bond donors (Lipinski definition) is 1. The van der Waals surface area contributed by atoms with Gasteiger partial charge in [0.1, 0.15) is 5.75 Å². The van der Waals surface area contributed by atoms with Crippen LogP contribution < -0.4 is 10.1 Å². The molecule has 4 rings (SSSR count). The maximum absolute atomic E-state index is 13.1. The van der Waals surface area contributed by atoms with Crippen LogP contribution in [0.4, 0.5) is 5.69 Å². The maximum atomic E-state index is 13.1. The molecule has 1 unspecified atom stereocenters. The Morgan fingerprint density at radius 1 is 1.22 bits per heavy atom. The van der Waals surface area contributed by atoms with Gasteiger partial charge in [-0.05, 0) is 67.6 Å². The lowest BCUT2D eigenvalue weighted by molar-refractivity contribution is -0.116. The maximum Gasteiger partial charge on any atom is 0.253 e. The average molecular weight is 452 g/mol. The molecule has 1 saturated heterocycles. The quantitative estimate of drug-likeness (QED) is 0.561. The first-order chi connectivity index (χ1) is 15.5. The zero-order valence-electron chi connectivity index (χ0n) is 18.0. The van der Waals surface area contributed by atoms with Crippen LogP contribution in [0.25, 0.3) is 10.9 Å². The van der Waals surface area contributed by atoms with Gasteiger partial charge in [-0.3, -0.25) is 14.6 Å². The fourth-order valence-corrected chi connectivity index (χ4v) is 4.37. The third-order valence-corrected chi connectivity index (χ3v) is 6.11. The van der Waals surface area contributed by atoms with Crippen LogP contribution >= 0.6 is 11.6 Å². The number of likely N-dealkylation sites (tertiary alicyclic amines) is 1. The van der Waals surface area contributed by atoms with Crippen molar-refractivity contribution in [2.24, 2.45) is 5.92 Å². The lowest BCUT2D eigenvalue weighted by Gasteiger charge is -2.33. The van der Waals surface area contributed by atoms with E-state index in [-0.39, 0.29) is 11.8 Å². The lowest BCUT2D eigenvalue weighted by Crippen LogP contribution is -2.40. The summed E-state index contributed by atoms with van der Waals surface area (Å²) in [5, 5.41) is 4.38. The summed E-state index contributed by atoms with van der Waals surface area (Å²) in [6.45, 7) is 1.41. The SMILES string of the molecule is COc1ccc(Cl)cc1NC(=O)CCC1CCCN(C(=O)c2ccc3ncccc3c2)C1. The van der Waals surface area contributed by atoms with E-state index in [4.69, 9.17) is 16.3 Å². The van der Waals surface area contributed by atoms with Crippen molar-refractivity contribution in [2.45, 2.75) is 25.7 Å². The molecule has 1 N–H and O–H groups in total. The number of carbonyl (C=O) groups excluding carboxylic acids is 2. The van der Waals surface area contributed by atoms with Gasteiger partial charge in [-0.1, -0.05) is 17.7 Å². The second-order valence-corrected chi connectivity index (χ2v) is 8.54. The van der Waals surface area contributed by atoms with E-state index >= 15 is 0 Å². The molecule has 1 aromatic heterocycles. The van der Waals surface area contributed by atoms with Crippen LogP contribution in [-0.2, 0) is 4.79 Å². The van der Waals surface area contributed by atoms with Crippen molar-refractivity contribution in [1.29, 1.82) is 0 Å². The first kappa shape index (κ1) is 22.1. The Hall–Kier alpha value is -3.12. The molecule has 0 saturated carbocycles. The zero-order chi connectivity index (χ0) is 22.5. The molecule has 1 atom stereocenters. The fraction of sp³-hybridized carbons (Fsp3) is 0.320. The Bertz CT molecular complexity index is 1130. The number of fused-ring (bicyclic) bond motifs is 1. The molecule has 3 aromatic rings. The Morgan fingerprint density at radius 3 is 2.94 bits per heavy atom. The van der Waals surface area contributed by atoms with Gasteiger partial charge < -0.3 is 15.0 Å².